The van der Waals surface area contributed by atoms with Crippen LogP contribution in [0.4, 0.5) is 0 Å². The van der Waals surface area contributed by atoms with Crippen LogP contribution in [-0.4, -0.2) is 29.3 Å². The molecule has 0 saturated heterocycles. The Hall–Kier alpha value is -4.19. The Kier molecular flexibility index (Phi) is 6.87. The molecule has 1 amide bonds. The summed E-state index contributed by atoms with van der Waals surface area (Å²) in [6, 6.07) is 23.3. The molecular formula is C28H27N3O3. The van der Waals surface area contributed by atoms with Gasteiger partial charge in [-0.2, -0.15) is 5.10 Å². The van der Waals surface area contributed by atoms with Crippen LogP contribution < -0.4 is 5.43 Å². The molecule has 1 heterocycles. The lowest BCUT2D eigenvalue weighted by molar-refractivity contribution is -0.120. The molecular weight excluding hydrogens is 426 g/mol. The number of nitrogens with one attached hydrogen (secondary N) is 1. The van der Waals surface area contributed by atoms with E-state index >= 15 is 0 Å². The normalized spacial score (nSPS) is 11.1. The molecule has 0 atom stereocenters. The van der Waals surface area contributed by atoms with Crippen LogP contribution in [0.25, 0.3) is 16.5 Å². The number of nitrogens with zero attached hydrogens (tertiary/aromatic N) is 2. The summed E-state index contributed by atoms with van der Waals surface area (Å²) in [4.78, 5) is 24.4. The number of rotatable bonds is 7. The number of fused-ring (bicyclic) bond motifs is 1. The molecule has 0 saturated carbocycles. The summed E-state index contributed by atoms with van der Waals surface area (Å²) >= 11 is 0. The number of ether oxygens (including phenoxy) is 1. The average Bonchev–Trinajstić information content (AvgIpc) is 3.12. The van der Waals surface area contributed by atoms with Gasteiger partial charge in [0, 0.05) is 22.6 Å². The van der Waals surface area contributed by atoms with Gasteiger partial charge >= 0.3 is 5.97 Å². The fourth-order valence-electron chi connectivity index (χ4n) is 4.11. The third-order valence-electron chi connectivity index (χ3n) is 5.73. The van der Waals surface area contributed by atoms with E-state index in [1.165, 1.54) is 0 Å². The van der Waals surface area contributed by atoms with Crippen LogP contribution >= 0.6 is 0 Å². The minimum Gasteiger partial charge on any atom is -0.462 e. The van der Waals surface area contributed by atoms with Crippen molar-refractivity contribution in [2.24, 2.45) is 5.10 Å². The van der Waals surface area contributed by atoms with Crippen molar-refractivity contribution in [3.8, 4) is 5.69 Å². The van der Waals surface area contributed by atoms with Gasteiger partial charge in [-0.25, -0.2) is 10.2 Å². The minimum atomic E-state index is -0.331. The minimum absolute atomic E-state index is 0.170. The molecule has 6 heteroatoms. The largest absolute Gasteiger partial charge is 0.462 e. The van der Waals surface area contributed by atoms with Gasteiger partial charge in [0.2, 0.25) is 5.91 Å². The highest BCUT2D eigenvalue weighted by molar-refractivity contribution is 5.91. The third kappa shape index (κ3) is 4.91. The topological polar surface area (TPSA) is 72.7 Å². The zero-order chi connectivity index (χ0) is 24.1. The van der Waals surface area contributed by atoms with E-state index in [-0.39, 0.29) is 18.3 Å². The Balaban J connectivity index is 1.45. The Morgan fingerprint density at radius 1 is 1.00 bits per heavy atom. The van der Waals surface area contributed by atoms with Crippen molar-refractivity contribution >= 4 is 28.9 Å². The molecule has 0 aliphatic heterocycles. The van der Waals surface area contributed by atoms with E-state index in [0.717, 1.165) is 39.0 Å². The first-order chi connectivity index (χ1) is 16.5. The molecule has 172 valence electrons. The number of carbonyl (C=O) groups is 2. The summed E-state index contributed by atoms with van der Waals surface area (Å²) in [5.41, 5.74) is 7.96. The van der Waals surface area contributed by atoms with E-state index in [1.807, 2.05) is 74.5 Å². The molecule has 34 heavy (non-hydrogen) atoms. The predicted octanol–water partition coefficient (Wildman–Crippen LogP) is 5.12. The van der Waals surface area contributed by atoms with Crippen LogP contribution in [0.5, 0.6) is 0 Å². The monoisotopic (exact) mass is 453 g/mol. The van der Waals surface area contributed by atoms with Crippen molar-refractivity contribution in [3.05, 3.63) is 101 Å². The zero-order valence-electron chi connectivity index (χ0n) is 19.5. The third-order valence-corrected chi connectivity index (χ3v) is 5.73. The molecule has 4 aromatic rings. The Bertz CT molecular complexity index is 1360. The first kappa shape index (κ1) is 23.0. The summed E-state index contributed by atoms with van der Waals surface area (Å²) in [6.45, 7) is 6.12. The van der Waals surface area contributed by atoms with Gasteiger partial charge in [-0.3, -0.25) is 4.79 Å². The Morgan fingerprint density at radius 2 is 1.74 bits per heavy atom. The number of hydrogen-bond donors (Lipinski definition) is 1. The van der Waals surface area contributed by atoms with Gasteiger partial charge in [-0.1, -0.05) is 42.5 Å². The number of aryl methyl sites for hydroxylation is 1. The number of aromatic nitrogens is 1. The molecule has 0 aliphatic rings. The average molecular weight is 454 g/mol. The lowest BCUT2D eigenvalue weighted by atomic mass is 10.0. The Labute approximate surface area is 198 Å². The maximum Gasteiger partial charge on any atom is 0.338 e. The fraction of sp³-hybridized carbons (Fsp3) is 0.179. The number of esters is 1. The van der Waals surface area contributed by atoms with E-state index in [9.17, 15) is 9.59 Å². The smallest absolute Gasteiger partial charge is 0.338 e. The molecule has 4 rings (SSSR count). The van der Waals surface area contributed by atoms with Crippen molar-refractivity contribution < 1.29 is 14.3 Å². The van der Waals surface area contributed by atoms with Gasteiger partial charge in [-0.15, -0.1) is 0 Å². The first-order valence-corrected chi connectivity index (χ1v) is 11.2. The van der Waals surface area contributed by atoms with E-state index in [2.05, 4.69) is 15.1 Å². The van der Waals surface area contributed by atoms with Gasteiger partial charge in [-0.05, 0) is 67.4 Å². The zero-order valence-corrected chi connectivity index (χ0v) is 19.5. The molecule has 0 fully saturated rings. The van der Waals surface area contributed by atoms with E-state index < -0.39 is 0 Å². The number of carbonyl (C=O) groups excluding carboxylic acids is 2. The molecule has 1 N–H and O–H groups in total. The molecule has 0 aliphatic carbocycles. The summed E-state index contributed by atoms with van der Waals surface area (Å²) in [5, 5.41) is 6.37. The lowest BCUT2D eigenvalue weighted by Gasteiger charge is -2.10. The highest BCUT2D eigenvalue weighted by atomic mass is 16.5. The van der Waals surface area contributed by atoms with E-state index in [1.54, 1.807) is 25.3 Å². The van der Waals surface area contributed by atoms with Crippen LogP contribution in [0.15, 0.2) is 77.9 Å². The van der Waals surface area contributed by atoms with Crippen molar-refractivity contribution in [1.29, 1.82) is 0 Å². The van der Waals surface area contributed by atoms with Crippen molar-refractivity contribution in [3.63, 3.8) is 0 Å². The van der Waals surface area contributed by atoms with Crippen molar-refractivity contribution in [2.45, 2.75) is 27.2 Å². The van der Waals surface area contributed by atoms with E-state index in [4.69, 9.17) is 4.74 Å². The second-order valence-corrected chi connectivity index (χ2v) is 8.04. The van der Waals surface area contributed by atoms with Crippen LogP contribution in [0.2, 0.25) is 0 Å². The summed E-state index contributed by atoms with van der Waals surface area (Å²) in [5.74, 6) is -0.502. The fourth-order valence-corrected chi connectivity index (χ4v) is 4.11. The second kappa shape index (κ2) is 10.2. The molecule has 1 aromatic heterocycles. The molecule has 3 aromatic carbocycles. The highest BCUT2D eigenvalue weighted by Crippen LogP contribution is 2.21. The number of amides is 1. The van der Waals surface area contributed by atoms with Gasteiger partial charge in [0.15, 0.2) is 0 Å². The van der Waals surface area contributed by atoms with Gasteiger partial charge < -0.3 is 9.30 Å². The molecule has 0 bridgehead atoms. The van der Waals surface area contributed by atoms with Crippen LogP contribution in [0, 0.1) is 13.8 Å². The molecule has 6 nitrogen and oxygen atoms in total. The van der Waals surface area contributed by atoms with Crippen LogP contribution in [-0.2, 0) is 16.0 Å². The summed E-state index contributed by atoms with van der Waals surface area (Å²) in [7, 11) is 0. The SMILES string of the molecule is CCOC(=O)c1ccc(-n2c(C)cc(/C=N\NC(=O)Cc3cccc4ccccc34)c2C)cc1. The molecule has 0 spiro atoms. The number of hydrazone groups is 1. The number of benzene rings is 3. The van der Waals surface area contributed by atoms with Gasteiger partial charge in [0.1, 0.15) is 0 Å². The predicted molar refractivity (Wildman–Crippen MR) is 135 cm³/mol. The lowest BCUT2D eigenvalue weighted by Crippen LogP contribution is -2.19. The maximum absolute atomic E-state index is 12.5. The standard InChI is InChI=1S/C28H27N3O3/c1-4-34-28(33)22-12-14-25(15-13-22)31-19(2)16-24(20(31)3)18-29-30-27(32)17-23-10-7-9-21-8-5-6-11-26(21)23/h5-16,18H,4,17H2,1-3H3,(H,30,32)/b29-18-. The highest BCUT2D eigenvalue weighted by Gasteiger charge is 2.12. The maximum atomic E-state index is 12.5. The summed E-state index contributed by atoms with van der Waals surface area (Å²) in [6.07, 6.45) is 1.91. The number of hydrogen-bond acceptors (Lipinski definition) is 4. The van der Waals surface area contributed by atoms with E-state index in [0.29, 0.717) is 12.2 Å². The van der Waals surface area contributed by atoms with Gasteiger partial charge in [0.25, 0.3) is 0 Å². The second-order valence-electron chi connectivity index (χ2n) is 8.04. The van der Waals surface area contributed by atoms with Gasteiger partial charge in [0.05, 0.1) is 24.8 Å². The van der Waals surface area contributed by atoms with Crippen molar-refractivity contribution in [2.75, 3.05) is 6.61 Å². The van der Waals surface area contributed by atoms with Crippen LogP contribution in [0.1, 0.15) is 39.8 Å². The molecule has 0 radical (unpaired) electrons. The van der Waals surface area contributed by atoms with Crippen LogP contribution in [0.3, 0.4) is 0 Å². The van der Waals surface area contributed by atoms with Crippen molar-refractivity contribution in [1.82, 2.24) is 9.99 Å². The quantitative estimate of drug-likeness (QED) is 0.240. The Morgan fingerprint density at radius 3 is 2.50 bits per heavy atom. The first-order valence-electron chi connectivity index (χ1n) is 11.2. The summed E-state index contributed by atoms with van der Waals surface area (Å²) < 4.78 is 7.13. The molecule has 0 unspecified atom stereocenters.